The van der Waals surface area contributed by atoms with E-state index in [0.29, 0.717) is 26.1 Å². The second-order valence-corrected chi connectivity index (χ2v) is 12.7. The Bertz CT molecular complexity index is 1040. The Hall–Kier alpha value is -2.12. The van der Waals surface area contributed by atoms with Crippen LogP contribution in [0.25, 0.3) is 0 Å². The molecule has 0 unspecified atom stereocenters. The van der Waals surface area contributed by atoms with E-state index >= 15 is 0 Å². The van der Waals surface area contributed by atoms with E-state index in [4.69, 9.17) is 32.4 Å². The summed E-state index contributed by atoms with van der Waals surface area (Å²) < 4.78 is 15.3. The number of aryl methyl sites for hydroxylation is 4. The average Bonchev–Trinajstić information content (AvgIpc) is 3.66. The van der Waals surface area contributed by atoms with Gasteiger partial charge < -0.3 is 52.8 Å². The molecule has 2 aliphatic rings. The molecule has 2 aromatic rings. The number of aliphatic hydroxyl groups excluding tert-OH is 4. The summed E-state index contributed by atoms with van der Waals surface area (Å²) in [7, 11) is 0. The van der Waals surface area contributed by atoms with Gasteiger partial charge in [0.2, 0.25) is 0 Å². The fourth-order valence-corrected chi connectivity index (χ4v) is 6.13. The number of hydrogen-bond donors (Lipinski definition) is 8. The predicted octanol–water partition coefficient (Wildman–Crippen LogP) is -2.28. The molecule has 2 saturated carbocycles. The van der Waals surface area contributed by atoms with Crippen molar-refractivity contribution in [2.75, 3.05) is 13.2 Å². The van der Waals surface area contributed by atoms with E-state index in [1.807, 2.05) is 21.8 Å². The van der Waals surface area contributed by atoms with E-state index in [-0.39, 0.29) is 0 Å². The fraction of sp³-hybridized carbons (Fsp3) is 0.862. The van der Waals surface area contributed by atoms with E-state index in [1.54, 1.807) is 0 Å². The number of aliphatic hydroxyl groups is 4. The summed E-state index contributed by atoms with van der Waals surface area (Å²) in [5.41, 5.74) is 25.6. The number of ether oxygens (including phenoxy) is 2. The third-order valence-electron chi connectivity index (χ3n) is 8.90. The van der Waals surface area contributed by atoms with Crippen molar-refractivity contribution in [3.8, 4) is 0 Å². The highest BCUT2D eigenvalue weighted by molar-refractivity contribution is 4.99. The van der Waals surface area contributed by atoms with Crippen LogP contribution in [-0.4, -0.2) is 124 Å². The molecular weight excluding hydrogens is 584 g/mol. The third kappa shape index (κ3) is 10.4. The van der Waals surface area contributed by atoms with Crippen LogP contribution in [0.5, 0.6) is 0 Å². The van der Waals surface area contributed by atoms with E-state index in [0.717, 1.165) is 82.3 Å². The van der Waals surface area contributed by atoms with Gasteiger partial charge in [-0.05, 0) is 70.6 Å². The number of nitrogens with zero attached hydrogens (tertiary/aromatic N) is 6. The van der Waals surface area contributed by atoms with Gasteiger partial charge in [0.05, 0.1) is 23.6 Å². The number of unbranched alkanes of at least 4 members (excludes halogenated alkanes) is 4. The molecule has 2 aromatic heterocycles. The smallest absolute Gasteiger partial charge is 0.109 e. The van der Waals surface area contributed by atoms with Crippen LogP contribution in [0.1, 0.15) is 69.2 Å². The second-order valence-electron chi connectivity index (χ2n) is 12.7. The molecule has 16 heteroatoms. The summed E-state index contributed by atoms with van der Waals surface area (Å²) in [6, 6.07) is -1.84. The molecule has 0 amide bonds. The molecular formula is C29H54N10O6. The van der Waals surface area contributed by atoms with Gasteiger partial charge >= 0.3 is 0 Å². The topological polar surface area (TPSA) is 265 Å². The van der Waals surface area contributed by atoms with Gasteiger partial charge in [0, 0.05) is 62.9 Å². The van der Waals surface area contributed by atoms with Crippen LogP contribution in [0, 0.1) is 0 Å². The Balaban J connectivity index is 1.01. The van der Waals surface area contributed by atoms with Crippen LogP contribution in [0.15, 0.2) is 12.4 Å². The molecule has 0 saturated heterocycles. The Morgan fingerprint density at radius 1 is 0.578 bits per heavy atom. The molecule has 45 heavy (non-hydrogen) atoms. The third-order valence-corrected chi connectivity index (χ3v) is 8.90. The molecule has 0 aliphatic heterocycles. The molecule has 0 spiro atoms. The van der Waals surface area contributed by atoms with Crippen molar-refractivity contribution in [3.63, 3.8) is 0 Å². The van der Waals surface area contributed by atoms with Crippen LogP contribution < -0.4 is 22.9 Å². The van der Waals surface area contributed by atoms with Crippen molar-refractivity contribution in [1.82, 2.24) is 30.0 Å². The molecule has 256 valence electrons. The molecule has 16 nitrogen and oxygen atoms in total. The zero-order valence-corrected chi connectivity index (χ0v) is 26.1. The van der Waals surface area contributed by atoms with Crippen molar-refractivity contribution in [3.05, 3.63) is 23.8 Å². The van der Waals surface area contributed by atoms with Crippen molar-refractivity contribution >= 4 is 0 Å². The molecule has 4 rings (SSSR count). The van der Waals surface area contributed by atoms with Crippen LogP contribution in [0.4, 0.5) is 0 Å². The Kier molecular flexibility index (Phi) is 14.1. The molecule has 2 fully saturated rings. The van der Waals surface area contributed by atoms with E-state index in [1.165, 1.54) is 0 Å². The van der Waals surface area contributed by atoms with Gasteiger partial charge in [0.25, 0.3) is 0 Å². The lowest BCUT2D eigenvalue weighted by Gasteiger charge is -2.39. The lowest BCUT2D eigenvalue weighted by atomic mass is 9.85. The van der Waals surface area contributed by atoms with Gasteiger partial charge in [-0.1, -0.05) is 10.4 Å². The normalized spacial score (nSPS) is 32.3. The number of rotatable bonds is 18. The van der Waals surface area contributed by atoms with E-state index in [2.05, 4.69) is 20.6 Å². The highest BCUT2D eigenvalue weighted by Crippen LogP contribution is 2.22. The molecule has 0 radical (unpaired) electrons. The molecule has 10 atom stereocenters. The van der Waals surface area contributed by atoms with E-state index < -0.39 is 60.8 Å². The molecule has 0 bridgehead atoms. The zero-order chi connectivity index (χ0) is 32.3. The Morgan fingerprint density at radius 2 is 1.00 bits per heavy atom. The standard InChI is InChI=1S/C29H54N10O6/c30-20-14-22(32)28(26(42)24(20)40)44-12-6-2-8-18-16-38(36-34-18)10-4-1-5-11-39-17-19(35-37-39)9-3-7-13-45-29-23(33)15-21(31)25(41)27(29)43/h16-17,20-29,40-43H,1-15,30-33H2/t20-,21-,22+,23+,24+,25+,26-,27-,28-,29-/m1/s1. The van der Waals surface area contributed by atoms with Crippen LogP contribution >= 0.6 is 0 Å². The lowest BCUT2D eigenvalue weighted by Crippen LogP contribution is -2.62. The van der Waals surface area contributed by atoms with Gasteiger partial charge in [0.1, 0.15) is 24.4 Å². The zero-order valence-electron chi connectivity index (χ0n) is 26.1. The Labute approximate surface area is 264 Å². The maximum absolute atomic E-state index is 10.2. The van der Waals surface area contributed by atoms with Crippen molar-refractivity contribution < 1.29 is 29.9 Å². The number of aromatic nitrogens is 6. The van der Waals surface area contributed by atoms with Crippen molar-refractivity contribution in [2.24, 2.45) is 22.9 Å². The van der Waals surface area contributed by atoms with Gasteiger partial charge in [-0.2, -0.15) is 0 Å². The first-order valence-electron chi connectivity index (χ1n) is 16.4. The van der Waals surface area contributed by atoms with Crippen LogP contribution in [0.3, 0.4) is 0 Å². The Morgan fingerprint density at radius 3 is 1.42 bits per heavy atom. The highest BCUT2D eigenvalue weighted by atomic mass is 16.5. The fourth-order valence-electron chi connectivity index (χ4n) is 6.13. The minimum absolute atomic E-state index is 0.392. The summed E-state index contributed by atoms with van der Waals surface area (Å²) >= 11 is 0. The van der Waals surface area contributed by atoms with Crippen molar-refractivity contribution in [1.29, 1.82) is 0 Å². The first-order valence-corrected chi connectivity index (χ1v) is 16.4. The molecule has 2 aliphatic carbocycles. The SMILES string of the molecule is N[C@@H]1C[C@H](N)[C@@H](OCCCCc2cn(CCCCCn3cc(CCCCO[C@H]4[C@H](O)[C@@H](O)[C@H](N)C[C@@H]4N)nn3)nn2)[C@H](O)[C@H]1O. The first kappa shape index (κ1) is 35.7. The largest absolute Gasteiger partial charge is 0.389 e. The minimum atomic E-state index is -1.07. The first-order chi connectivity index (χ1) is 21.6. The lowest BCUT2D eigenvalue weighted by molar-refractivity contribution is -0.127. The quantitative estimate of drug-likeness (QED) is 0.0800. The van der Waals surface area contributed by atoms with Gasteiger partial charge in [-0.25, -0.2) is 0 Å². The molecule has 2 heterocycles. The summed E-state index contributed by atoms with van der Waals surface area (Å²) in [5, 5.41) is 57.4. The van der Waals surface area contributed by atoms with Crippen LogP contribution in [-0.2, 0) is 35.4 Å². The van der Waals surface area contributed by atoms with E-state index in [9.17, 15) is 20.4 Å². The summed E-state index contributed by atoms with van der Waals surface area (Å²) in [5.74, 6) is 0. The highest BCUT2D eigenvalue weighted by Gasteiger charge is 2.42. The predicted molar refractivity (Wildman–Crippen MR) is 164 cm³/mol. The average molecular weight is 639 g/mol. The number of hydrogen-bond acceptors (Lipinski definition) is 14. The summed E-state index contributed by atoms with van der Waals surface area (Å²) in [6.45, 7) is 2.49. The summed E-state index contributed by atoms with van der Waals surface area (Å²) in [6.07, 6.45) is 7.30. The maximum Gasteiger partial charge on any atom is 0.109 e. The van der Waals surface area contributed by atoms with Gasteiger partial charge in [-0.15, -0.1) is 10.2 Å². The van der Waals surface area contributed by atoms with Gasteiger partial charge in [-0.3, -0.25) is 9.36 Å². The van der Waals surface area contributed by atoms with Crippen molar-refractivity contribution in [2.45, 2.75) is 145 Å². The van der Waals surface area contributed by atoms with Crippen LogP contribution in [0.2, 0.25) is 0 Å². The second kappa shape index (κ2) is 17.7. The maximum atomic E-state index is 10.2. The monoisotopic (exact) mass is 638 g/mol. The molecule has 12 N–H and O–H groups in total. The van der Waals surface area contributed by atoms with Gasteiger partial charge in [0.15, 0.2) is 0 Å². The minimum Gasteiger partial charge on any atom is -0.389 e. The molecule has 0 aromatic carbocycles. The summed E-state index contributed by atoms with van der Waals surface area (Å²) in [4.78, 5) is 0. The number of nitrogens with two attached hydrogens (primary N) is 4.